The highest BCUT2D eigenvalue weighted by molar-refractivity contribution is 6.30. The van der Waals surface area contributed by atoms with Crippen LogP contribution in [0.25, 0.3) is 32.3 Å². The molecule has 0 saturated heterocycles. The number of aryl methyl sites for hydroxylation is 2. The van der Waals surface area contributed by atoms with Crippen LogP contribution in [0.15, 0.2) is 109 Å². The first-order chi connectivity index (χ1) is 18.3. The molecule has 1 aliphatic carbocycles. The first-order valence-electron chi connectivity index (χ1n) is 12.9. The Balaban J connectivity index is 0.000000210. The van der Waals surface area contributed by atoms with E-state index in [0.717, 1.165) is 16.3 Å². The molecule has 1 aromatic heterocycles. The summed E-state index contributed by atoms with van der Waals surface area (Å²) in [5.41, 5.74) is 4.20. The van der Waals surface area contributed by atoms with Crippen LogP contribution in [-0.2, 0) is 19.4 Å². The van der Waals surface area contributed by atoms with Crippen molar-refractivity contribution in [3.05, 3.63) is 131 Å². The van der Waals surface area contributed by atoms with Crippen LogP contribution in [-0.4, -0.2) is 4.98 Å². The van der Waals surface area contributed by atoms with E-state index in [-0.39, 0.29) is 0 Å². The maximum Gasteiger partial charge on any atom is 0.127 e. The Hall–Kier alpha value is -3.88. The van der Waals surface area contributed by atoms with Crippen molar-refractivity contribution >= 4 is 43.9 Å². The largest absolute Gasteiger partial charge is 0.488 e. The van der Waals surface area contributed by atoms with Crippen molar-refractivity contribution in [2.24, 2.45) is 0 Å². The summed E-state index contributed by atoms with van der Waals surface area (Å²) in [6, 6.07) is 33.5. The van der Waals surface area contributed by atoms with E-state index in [1.165, 1.54) is 63.6 Å². The normalized spacial score (nSPS) is 12.7. The second kappa shape index (κ2) is 10.6. The minimum Gasteiger partial charge on any atom is -0.488 e. The number of hydrogen-bond acceptors (Lipinski definition) is 2. The number of hydrogen-bond donors (Lipinski definition) is 0. The molecule has 3 heteroatoms. The topological polar surface area (TPSA) is 22.1 Å². The van der Waals surface area contributed by atoms with E-state index in [0.29, 0.717) is 6.61 Å². The number of fused-ring (bicyclic) bond motifs is 6. The Morgan fingerprint density at radius 1 is 0.649 bits per heavy atom. The zero-order valence-corrected chi connectivity index (χ0v) is 21.4. The molecule has 2 nitrogen and oxygen atoms in total. The van der Waals surface area contributed by atoms with Crippen LogP contribution in [0.4, 0.5) is 0 Å². The fraction of sp³-hybridized carbons (Fsp3) is 0.147. The number of nitrogens with zero attached hydrogens (tertiary/aromatic N) is 1. The van der Waals surface area contributed by atoms with E-state index in [9.17, 15) is 0 Å². The first-order valence-corrected chi connectivity index (χ1v) is 13.3. The minimum atomic E-state index is 0.540. The summed E-state index contributed by atoms with van der Waals surface area (Å²) in [6.07, 6.45) is 8.71. The molecule has 5 aromatic carbocycles. The molecule has 0 aliphatic heterocycles. The second-order valence-corrected chi connectivity index (χ2v) is 10.00. The minimum absolute atomic E-state index is 0.540. The predicted octanol–water partition coefficient (Wildman–Crippen LogP) is 9.34. The molecule has 0 saturated carbocycles. The molecule has 0 spiro atoms. The molecule has 7 rings (SSSR count). The molecule has 1 heterocycles. The van der Waals surface area contributed by atoms with Gasteiger partial charge < -0.3 is 4.74 Å². The van der Waals surface area contributed by atoms with Crippen LogP contribution in [0, 0.1) is 0 Å². The third kappa shape index (κ3) is 5.03. The number of rotatable bonds is 3. The fourth-order valence-corrected chi connectivity index (χ4v) is 5.42. The van der Waals surface area contributed by atoms with Crippen LogP contribution in [0.3, 0.4) is 0 Å². The fourth-order valence-electron chi connectivity index (χ4n) is 5.29. The van der Waals surface area contributed by atoms with Crippen LogP contribution in [0.5, 0.6) is 5.75 Å². The maximum absolute atomic E-state index is 6.16. The van der Waals surface area contributed by atoms with Crippen molar-refractivity contribution in [1.29, 1.82) is 0 Å². The van der Waals surface area contributed by atoms with Crippen LogP contribution >= 0.6 is 11.6 Å². The number of aromatic nitrogens is 1. The Morgan fingerprint density at radius 3 is 2.27 bits per heavy atom. The number of pyridine rings is 1. The van der Waals surface area contributed by atoms with Gasteiger partial charge in [-0.05, 0) is 93.6 Å². The van der Waals surface area contributed by atoms with E-state index < -0.39 is 0 Å². The summed E-state index contributed by atoms with van der Waals surface area (Å²) in [4.78, 5) is 4.01. The van der Waals surface area contributed by atoms with Gasteiger partial charge in [0.25, 0.3) is 0 Å². The van der Waals surface area contributed by atoms with Gasteiger partial charge in [-0.25, -0.2) is 0 Å². The monoisotopic (exact) mass is 501 g/mol. The van der Waals surface area contributed by atoms with Gasteiger partial charge in [0, 0.05) is 22.8 Å². The zero-order chi connectivity index (χ0) is 25.0. The lowest BCUT2D eigenvalue weighted by atomic mass is 9.86. The molecule has 182 valence electrons. The quantitative estimate of drug-likeness (QED) is 0.225. The van der Waals surface area contributed by atoms with E-state index in [1.807, 2.05) is 54.9 Å². The van der Waals surface area contributed by atoms with Gasteiger partial charge >= 0.3 is 0 Å². The maximum atomic E-state index is 6.16. The van der Waals surface area contributed by atoms with Gasteiger partial charge in [-0.2, -0.15) is 0 Å². The number of ether oxygens (including phenoxy) is 1. The first kappa shape index (κ1) is 23.5. The molecule has 0 radical (unpaired) electrons. The lowest BCUT2D eigenvalue weighted by Crippen LogP contribution is -2.03. The predicted molar refractivity (Wildman–Crippen MR) is 156 cm³/mol. The number of halogens is 1. The Kier molecular flexibility index (Phi) is 6.75. The van der Waals surface area contributed by atoms with Crippen LogP contribution < -0.4 is 4.74 Å². The zero-order valence-electron chi connectivity index (χ0n) is 20.7. The van der Waals surface area contributed by atoms with Crippen molar-refractivity contribution < 1.29 is 4.74 Å². The van der Waals surface area contributed by atoms with Gasteiger partial charge in [0.15, 0.2) is 0 Å². The van der Waals surface area contributed by atoms with Gasteiger partial charge in [0.2, 0.25) is 0 Å². The molecule has 0 atom stereocenters. The third-order valence-corrected chi connectivity index (χ3v) is 7.46. The smallest absolute Gasteiger partial charge is 0.127 e. The van der Waals surface area contributed by atoms with Gasteiger partial charge in [-0.3, -0.25) is 4.98 Å². The average molecular weight is 502 g/mol. The van der Waals surface area contributed by atoms with Gasteiger partial charge in [0.1, 0.15) is 12.4 Å². The van der Waals surface area contributed by atoms with E-state index in [1.54, 1.807) is 5.56 Å². The molecule has 0 amide bonds. The van der Waals surface area contributed by atoms with E-state index in [4.69, 9.17) is 16.3 Å². The summed E-state index contributed by atoms with van der Waals surface area (Å²) < 4.78 is 6.16. The lowest BCUT2D eigenvalue weighted by molar-refractivity contribution is 0.310. The van der Waals surface area contributed by atoms with Crippen molar-refractivity contribution in [2.75, 3.05) is 0 Å². The highest BCUT2D eigenvalue weighted by Gasteiger charge is 2.14. The lowest BCUT2D eigenvalue weighted by Gasteiger charge is -2.19. The summed E-state index contributed by atoms with van der Waals surface area (Å²) in [5, 5.41) is 8.39. The van der Waals surface area contributed by atoms with Crippen molar-refractivity contribution in [1.82, 2.24) is 4.98 Å². The molecule has 0 bridgehead atoms. The molecule has 0 unspecified atom stereocenters. The molecular formula is C34H28ClNO. The van der Waals surface area contributed by atoms with E-state index in [2.05, 4.69) is 59.6 Å². The molecule has 37 heavy (non-hydrogen) atoms. The summed E-state index contributed by atoms with van der Waals surface area (Å²) >= 11 is 5.97. The standard InChI is InChI=1S/C25H21ClO.C9H7N/c26-19-11-8-17(9-12-19)16-27-25-7-3-6-21-23-13-10-18-4-1-2-5-20(18)22(23)14-15-24(21)25;1-2-4-9-7-10-6-5-8(9)3-1/h3,6-15H,1-2,4-5,16H2;1-7H. The SMILES string of the molecule is Clc1ccc(COc2cccc3c2ccc2c4c(ccc23)CCCC4)cc1.c1ccc2cnccc2c1. The summed E-state index contributed by atoms with van der Waals surface area (Å²) in [5.74, 6) is 0.932. The molecular weight excluding hydrogens is 474 g/mol. The van der Waals surface area contributed by atoms with Gasteiger partial charge in [-0.1, -0.05) is 84.4 Å². The third-order valence-electron chi connectivity index (χ3n) is 7.21. The average Bonchev–Trinajstić information content (AvgIpc) is 2.97. The van der Waals surface area contributed by atoms with Gasteiger partial charge in [-0.15, -0.1) is 0 Å². The van der Waals surface area contributed by atoms with Crippen molar-refractivity contribution in [2.45, 2.75) is 32.3 Å². The number of benzene rings is 5. The second-order valence-electron chi connectivity index (χ2n) is 9.56. The van der Waals surface area contributed by atoms with Crippen LogP contribution in [0.2, 0.25) is 5.02 Å². The highest BCUT2D eigenvalue weighted by atomic mass is 35.5. The highest BCUT2D eigenvalue weighted by Crippen LogP contribution is 2.36. The van der Waals surface area contributed by atoms with Crippen molar-refractivity contribution in [3.63, 3.8) is 0 Å². The molecule has 6 aromatic rings. The summed E-state index contributed by atoms with van der Waals surface area (Å²) in [6.45, 7) is 0.540. The Morgan fingerprint density at radius 2 is 1.41 bits per heavy atom. The van der Waals surface area contributed by atoms with Crippen LogP contribution in [0.1, 0.15) is 29.5 Å². The van der Waals surface area contributed by atoms with E-state index >= 15 is 0 Å². The summed E-state index contributed by atoms with van der Waals surface area (Å²) in [7, 11) is 0. The Bertz CT molecular complexity index is 1630. The molecule has 0 N–H and O–H groups in total. The van der Waals surface area contributed by atoms with Crippen molar-refractivity contribution in [3.8, 4) is 5.75 Å². The Labute approximate surface area is 222 Å². The molecule has 1 aliphatic rings. The molecule has 0 fully saturated rings. The van der Waals surface area contributed by atoms with Gasteiger partial charge in [0.05, 0.1) is 0 Å².